The van der Waals surface area contributed by atoms with Gasteiger partial charge in [-0.3, -0.25) is 9.69 Å². The zero-order chi connectivity index (χ0) is 17.0. The van der Waals surface area contributed by atoms with Gasteiger partial charge in [0, 0.05) is 17.4 Å². The summed E-state index contributed by atoms with van der Waals surface area (Å²) in [4.78, 5) is 15.1. The van der Waals surface area contributed by atoms with Gasteiger partial charge in [-0.25, -0.2) is 0 Å². The number of nitrogens with zero attached hydrogens (tertiary/aromatic N) is 1. The maximum absolute atomic E-state index is 12.8. The molecule has 0 spiro atoms. The third-order valence-electron chi connectivity index (χ3n) is 5.04. The molecule has 1 fully saturated rings. The number of aryl methyl sites for hydroxylation is 1. The highest BCUT2D eigenvalue weighted by molar-refractivity contribution is 5.95. The SMILES string of the molecule is Cc1ccc(NC(=O)C(C(C)C)N(C)C2CCCCC2)cc1N. The number of carbonyl (C=O) groups excluding carboxylic acids is 1. The van der Waals surface area contributed by atoms with E-state index < -0.39 is 0 Å². The van der Waals surface area contributed by atoms with Crippen molar-refractivity contribution in [1.29, 1.82) is 0 Å². The third kappa shape index (κ3) is 4.47. The molecule has 0 heterocycles. The molecule has 1 saturated carbocycles. The monoisotopic (exact) mass is 317 g/mol. The summed E-state index contributed by atoms with van der Waals surface area (Å²) in [6, 6.07) is 6.11. The van der Waals surface area contributed by atoms with Crippen molar-refractivity contribution in [3.05, 3.63) is 23.8 Å². The van der Waals surface area contributed by atoms with E-state index in [0.717, 1.165) is 11.3 Å². The van der Waals surface area contributed by atoms with E-state index in [1.807, 2.05) is 25.1 Å². The Morgan fingerprint density at radius 1 is 1.26 bits per heavy atom. The first-order chi connectivity index (χ1) is 10.9. The summed E-state index contributed by atoms with van der Waals surface area (Å²) < 4.78 is 0. The van der Waals surface area contributed by atoms with E-state index >= 15 is 0 Å². The second kappa shape index (κ2) is 7.82. The first-order valence-electron chi connectivity index (χ1n) is 8.79. The van der Waals surface area contributed by atoms with Gasteiger partial charge in [0.05, 0.1) is 6.04 Å². The summed E-state index contributed by atoms with van der Waals surface area (Å²) in [5, 5.41) is 3.05. The number of anilines is 2. The molecule has 0 bridgehead atoms. The summed E-state index contributed by atoms with van der Waals surface area (Å²) in [7, 11) is 2.10. The van der Waals surface area contributed by atoms with Crippen molar-refractivity contribution >= 4 is 17.3 Å². The van der Waals surface area contributed by atoms with Crippen LogP contribution in [-0.4, -0.2) is 29.9 Å². The Labute approximate surface area is 140 Å². The molecule has 1 aromatic carbocycles. The Balaban J connectivity index is 2.09. The van der Waals surface area contributed by atoms with Crippen LogP contribution in [-0.2, 0) is 4.79 Å². The summed E-state index contributed by atoms with van der Waals surface area (Å²) in [6.45, 7) is 6.20. The molecule has 1 atom stereocenters. The van der Waals surface area contributed by atoms with E-state index in [2.05, 4.69) is 31.1 Å². The first-order valence-corrected chi connectivity index (χ1v) is 8.79. The number of carbonyl (C=O) groups is 1. The lowest BCUT2D eigenvalue weighted by atomic mass is 9.91. The number of benzene rings is 1. The molecular formula is C19H31N3O. The molecule has 0 aliphatic heterocycles. The van der Waals surface area contributed by atoms with Crippen LogP contribution in [0.2, 0.25) is 0 Å². The van der Waals surface area contributed by atoms with Crippen LogP contribution < -0.4 is 11.1 Å². The molecule has 4 nitrogen and oxygen atoms in total. The lowest BCUT2D eigenvalue weighted by Gasteiger charge is -2.38. The van der Waals surface area contributed by atoms with Crippen molar-refractivity contribution < 1.29 is 4.79 Å². The van der Waals surface area contributed by atoms with Gasteiger partial charge in [0.1, 0.15) is 0 Å². The molecule has 0 saturated heterocycles. The fourth-order valence-corrected chi connectivity index (χ4v) is 3.61. The third-order valence-corrected chi connectivity index (χ3v) is 5.04. The molecule has 1 aliphatic carbocycles. The van der Waals surface area contributed by atoms with Crippen LogP contribution in [0, 0.1) is 12.8 Å². The summed E-state index contributed by atoms with van der Waals surface area (Å²) in [6.07, 6.45) is 6.27. The Morgan fingerprint density at radius 3 is 2.48 bits per heavy atom. The highest BCUT2D eigenvalue weighted by Crippen LogP contribution is 2.26. The number of nitrogen functional groups attached to an aromatic ring is 1. The molecule has 128 valence electrons. The minimum atomic E-state index is -0.111. The lowest BCUT2D eigenvalue weighted by Crippen LogP contribution is -2.50. The minimum absolute atomic E-state index is 0.0660. The highest BCUT2D eigenvalue weighted by atomic mass is 16.2. The smallest absolute Gasteiger partial charge is 0.241 e. The van der Waals surface area contributed by atoms with Gasteiger partial charge in [0.2, 0.25) is 5.91 Å². The molecule has 1 aromatic rings. The van der Waals surface area contributed by atoms with E-state index in [-0.39, 0.29) is 17.9 Å². The van der Waals surface area contributed by atoms with E-state index in [9.17, 15) is 4.79 Å². The lowest BCUT2D eigenvalue weighted by molar-refractivity contribution is -0.123. The van der Waals surface area contributed by atoms with Crippen LogP contribution in [0.4, 0.5) is 11.4 Å². The average molecular weight is 317 g/mol. The van der Waals surface area contributed by atoms with Gasteiger partial charge >= 0.3 is 0 Å². The zero-order valence-electron chi connectivity index (χ0n) is 14.9. The second-order valence-electron chi connectivity index (χ2n) is 7.21. The van der Waals surface area contributed by atoms with Gasteiger partial charge < -0.3 is 11.1 Å². The van der Waals surface area contributed by atoms with Crippen molar-refractivity contribution in [2.75, 3.05) is 18.1 Å². The fourth-order valence-electron chi connectivity index (χ4n) is 3.61. The standard InChI is InChI=1S/C19H31N3O/c1-13(2)18(22(4)16-8-6-5-7-9-16)19(23)21-15-11-10-14(3)17(20)12-15/h10-13,16,18H,5-9,20H2,1-4H3,(H,21,23). The molecule has 1 amide bonds. The van der Waals surface area contributed by atoms with Crippen LogP contribution >= 0.6 is 0 Å². The maximum atomic E-state index is 12.8. The van der Waals surface area contributed by atoms with Gasteiger partial charge in [-0.1, -0.05) is 39.2 Å². The number of nitrogens with one attached hydrogen (secondary N) is 1. The van der Waals surface area contributed by atoms with E-state index in [4.69, 9.17) is 5.73 Å². The average Bonchev–Trinajstić information content (AvgIpc) is 2.51. The van der Waals surface area contributed by atoms with Gasteiger partial charge in [-0.05, 0) is 50.4 Å². The Hall–Kier alpha value is -1.55. The van der Waals surface area contributed by atoms with Crippen LogP contribution in [0.3, 0.4) is 0 Å². The van der Waals surface area contributed by atoms with E-state index in [1.54, 1.807) is 0 Å². The summed E-state index contributed by atoms with van der Waals surface area (Å²) in [5.74, 6) is 0.334. The number of nitrogens with two attached hydrogens (primary N) is 1. The summed E-state index contributed by atoms with van der Waals surface area (Å²) >= 11 is 0. The molecule has 1 unspecified atom stereocenters. The molecule has 0 radical (unpaired) electrons. The van der Waals surface area contributed by atoms with Crippen LogP contribution in [0.25, 0.3) is 0 Å². The Bertz CT molecular complexity index is 535. The number of hydrogen-bond acceptors (Lipinski definition) is 3. The van der Waals surface area contributed by atoms with Crippen molar-refractivity contribution in [2.24, 2.45) is 5.92 Å². The molecule has 4 heteroatoms. The predicted molar refractivity (Wildman–Crippen MR) is 97.5 cm³/mol. The normalized spacial score (nSPS) is 17.5. The molecule has 0 aromatic heterocycles. The Kier molecular flexibility index (Phi) is 6.05. The van der Waals surface area contributed by atoms with Crippen molar-refractivity contribution in [1.82, 2.24) is 4.90 Å². The van der Waals surface area contributed by atoms with Crippen molar-refractivity contribution in [2.45, 2.75) is 65.0 Å². The zero-order valence-corrected chi connectivity index (χ0v) is 14.9. The van der Waals surface area contributed by atoms with Crippen LogP contribution in [0.1, 0.15) is 51.5 Å². The number of likely N-dealkylation sites (N-methyl/N-ethyl adjacent to an activating group) is 1. The number of hydrogen-bond donors (Lipinski definition) is 2. The van der Waals surface area contributed by atoms with Crippen LogP contribution in [0.15, 0.2) is 18.2 Å². The van der Waals surface area contributed by atoms with E-state index in [0.29, 0.717) is 11.7 Å². The molecule has 3 N–H and O–H groups in total. The maximum Gasteiger partial charge on any atom is 0.241 e. The van der Waals surface area contributed by atoms with Crippen LogP contribution in [0.5, 0.6) is 0 Å². The van der Waals surface area contributed by atoms with Crippen molar-refractivity contribution in [3.8, 4) is 0 Å². The quantitative estimate of drug-likeness (QED) is 0.812. The number of amides is 1. The van der Waals surface area contributed by atoms with Gasteiger partial charge in [-0.2, -0.15) is 0 Å². The second-order valence-corrected chi connectivity index (χ2v) is 7.21. The highest BCUT2D eigenvalue weighted by Gasteiger charge is 2.31. The van der Waals surface area contributed by atoms with Gasteiger partial charge in [0.25, 0.3) is 0 Å². The van der Waals surface area contributed by atoms with E-state index in [1.165, 1.54) is 32.1 Å². The topological polar surface area (TPSA) is 58.4 Å². The van der Waals surface area contributed by atoms with Gasteiger partial charge in [-0.15, -0.1) is 0 Å². The minimum Gasteiger partial charge on any atom is -0.398 e. The number of rotatable bonds is 5. The Morgan fingerprint density at radius 2 is 1.91 bits per heavy atom. The molecule has 1 aliphatic rings. The largest absolute Gasteiger partial charge is 0.398 e. The predicted octanol–water partition coefficient (Wildman–Crippen LogP) is 3.80. The molecule has 2 rings (SSSR count). The fraction of sp³-hybridized carbons (Fsp3) is 0.632. The summed E-state index contributed by atoms with van der Waals surface area (Å²) in [5.41, 5.74) is 8.47. The van der Waals surface area contributed by atoms with Crippen molar-refractivity contribution in [3.63, 3.8) is 0 Å². The molecule has 23 heavy (non-hydrogen) atoms. The van der Waals surface area contributed by atoms with Gasteiger partial charge in [0.15, 0.2) is 0 Å². The molecular weight excluding hydrogens is 286 g/mol. The first kappa shape index (κ1) is 17.8.